The molecule has 0 saturated carbocycles. The molecule has 1 aliphatic rings. The number of alkyl halides is 1. The first kappa shape index (κ1) is 9.99. The van der Waals surface area contributed by atoms with Crippen LogP contribution in [-0.2, 0) is 5.60 Å². The van der Waals surface area contributed by atoms with E-state index in [1.807, 2.05) is 24.3 Å². The monoisotopic (exact) mass is 212 g/mol. The lowest BCUT2D eigenvalue weighted by Crippen LogP contribution is -2.30. The van der Waals surface area contributed by atoms with Crippen LogP contribution in [0.1, 0.15) is 18.4 Å². The van der Waals surface area contributed by atoms with Gasteiger partial charge in [0.05, 0.1) is 12.3 Å². The minimum atomic E-state index is -0.934. The van der Waals surface area contributed by atoms with Crippen LogP contribution in [0.2, 0.25) is 0 Å². The van der Waals surface area contributed by atoms with Crippen molar-refractivity contribution in [1.82, 2.24) is 0 Å². The van der Waals surface area contributed by atoms with Crippen molar-refractivity contribution < 1.29 is 9.50 Å². The Balaban J connectivity index is 2.39. The molecule has 1 heterocycles. The van der Waals surface area contributed by atoms with Gasteiger partial charge in [0.15, 0.2) is 0 Å². The van der Waals surface area contributed by atoms with Gasteiger partial charge in [-0.3, -0.25) is 4.39 Å². The third-order valence-corrected chi connectivity index (χ3v) is 3.74. The Morgan fingerprint density at radius 3 is 3.00 bits per heavy atom. The highest BCUT2D eigenvalue weighted by atomic mass is 32.2. The summed E-state index contributed by atoms with van der Waals surface area (Å²) in [6, 6.07) is 7.74. The lowest BCUT2D eigenvalue weighted by atomic mass is 9.88. The normalized spacial score (nSPS) is 25.9. The minimum Gasteiger partial charge on any atom is -0.385 e. The molecule has 1 aromatic rings. The highest BCUT2D eigenvalue weighted by Gasteiger charge is 2.33. The second-order valence-electron chi connectivity index (χ2n) is 3.57. The minimum absolute atomic E-state index is 0.213. The van der Waals surface area contributed by atoms with E-state index in [1.54, 1.807) is 11.8 Å². The van der Waals surface area contributed by atoms with Crippen LogP contribution < -0.4 is 0 Å². The van der Waals surface area contributed by atoms with E-state index in [0.29, 0.717) is 6.42 Å². The van der Waals surface area contributed by atoms with Gasteiger partial charge in [0.25, 0.3) is 0 Å². The highest BCUT2D eigenvalue weighted by Crippen LogP contribution is 2.41. The second-order valence-corrected chi connectivity index (χ2v) is 4.70. The molecule has 0 radical (unpaired) electrons. The van der Waals surface area contributed by atoms with Crippen molar-refractivity contribution in [2.75, 3.05) is 12.4 Å². The lowest BCUT2D eigenvalue weighted by Gasteiger charge is -2.33. The van der Waals surface area contributed by atoms with Crippen LogP contribution >= 0.6 is 11.8 Å². The molecule has 1 aliphatic heterocycles. The van der Waals surface area contributed by atoms with Crippen molar-refractivity contribution in [1.29, 1.82) is 0 Å². The van der Waals surface area contributed by atoms with Crippen molar-refractivity contribution in [2.24, 2.45) is 0 Å². The van der Waals surface area contributed by atoms with Crippen molar-refractivity contribution in [3.8, 4) is 0 Å². The van der Waals surface area contributed by atoms with E-state index in [2.05, 4.69) is 0 Å². The van der Waals surface area contributed by atoms with Crippen molar-refractivity contribution in [2.45, 2.75) is 23.3 Å². The third kappa shape index (κ3) is 1.66. The molecule has 0 fully saturated rings. The van der Waals surface area contributed by atoms with Gasteiger partial charge in [-0.2, -0.15) is 0 Å². The molecule has 0 spiro atoms. The number of fused-ring (bicyclic) bond motifs is 1. The molecule has 1 atom stereocenters. The highest BCUT2D eigenvalue weighted by molar-refractivity contribution is 7.99. The molecule has 1 N–H and O–H groups in total. The van der Waals surface area contributed by atoms with Crippen LogP contribution in [0, 0.1) is 0 Å². The molecule has 1 nitrogen and oxygen atoms in total. The topological polar surface area (TPSA) is 20.2 Å². The maximum Gasteiger partial charge on any atom is 0.0940 e. The predicted octanol–water partition coefficient (Wildman–Crippen LogP) is 2.73. The fourth-order valence-corrected chi connectivity index (χ4v) is 3.11. The number of halogens is 1. The summed E-state index contributed by atoms with van der Waals surface area (Å²) in [6.45, 7) is -0.463. The van der Waals surface area contributed by atoms with Crippen LogP contribution in [0.3, 0.4) is 0 Å². The Hall–Kier alpha value is -0.540. The zero-order chi connectivity index (χ0) is 10.0. The summed E-state index contributed by atoms with van der Waals surface area (Å²) in [7, 11) is 0. The van der Waals surface area contributed by atoms with E-state index >= 15 is 0 Å². The Bertz CT molecular complexity index is 329. The van der Waals surface area contributed by atoms with Crippen LogP contribution in [0.25, 0.3) is 0 Å². The summed E-state index contributed by atoms with van der Waals surface area (Å²) in [5.41, 5.74) is -0.0368. The van der Waals surface area contributed by atoms with Gasteiger partial charge in [0.1, 0.15) is 0 Å². The second kappa shape index (κ2) is 3.91. The zero-order valence-corrected chi connectivity index (χ0v) is 8.69. The Labute approximate surface area is 87.3 Å². The average molecular weight is 212 g/mol. The van der Waals surface area contributed by atoms with Gasteiger partial charge in [-0.05, 0) is 18.1 Å². The van der Waals surface area contributed by atoms with E-state index < -0.39 is 12.3 Å². The largest absolute Gasteiger partial charge is 0.385 e. The molecule has 1 aromatic carbocycles. The predicted molar refractivity (Wildman–Crippen MR) is 56.3 cm³/mol. The maximum absolute atomic E-state index is 12.4. The molecule has 0 saturated heterocycles. The van der Waals surface area contributed by atoms with E-state index in [1.165, 1.54) is 0 Å². The zero-order valence-electron chi connectivity index (χ0n) is 7.87. The molecule has 0 aromatic heterocycles. The molecule has 0 bridgehead atoms. The lowest BCUT2D eigenvalue weighted by molar-refractivity contribution is 0.0142. The van der Waals surface area contributed by atoms with E-state index in [0.717, 1.165) is 16.2 Å². The molecule has 1 unspecified atom stereocenters. The molecule has 3 heteroatoms. The summed E-state index contributed by atoms with van der Waals surface area (Å²) in [4.78, 5) is 1.09. The third-order valence-electron chi connectivity index (χ3n) is 2.67. The summed E-state index contributed by atoms with van der Waals surface area (Å²) in [5, 5.41) is 10.3. The molecule has 14 heavy (non-hydrogen) atoms. The molecule has 0 aliphatic carbocycles. The van der Waals surface area contributed by atoms with Crippen molar-refractivity contribution in [3.63, 3.8) is 0 Å². The van der Waals surface area contributed by atoms with E-state index in [4.69, 9.17) is 0 Å². The van der Waals surface area contributed by atoms with Crippen LogP contribution in [0.4, 0.5) is 4.39 Å². The van der Waals surface area contributed by atoms with Crippen molar-refractivity contribution >= 4 is 11.8 Å². The number of benzene rings is 1. The summed E-state index contributed by atoms with van der Waals surface area (Å²) in [6.07, 6.45) is 0.864. The smallest absolute Gasteiger partial charge is 0.0940 e. The number of hydrogen-bond acceptors (Lipinski definition) is 2. The van der Waals surface area contributed by atoms with E-state index in [-0.39, 0.29) is 6.42 Å². The van der Waals surface area contributed by atoms with Gasteiger partial charge >= 0.3 is 0 Å². The molecule has 76 valence electrons. The maximum atomic E-state index is 12.4. The van der Waals surface area contributed by atoms with Gasteiger partial charge in [-0.15, -0.1) is 11.8 Å². The fourth-order valence-electron chi connectivity index (χ4n) is 1.86. The van der Waals surface area contributed by atoms with Crippen LogP contribution in [0.5, 0.6) is 0 Å². The number of aliphatic hydroxyl groups is 1. The number of hydrogen-bond donors (Lipinski definition) is 1. The Kier molecular flexibility index (Phi) is 2.79. The van der Waals surface area contributed by atoms with Crippen LogP contribution in [-0.4, -0.2) is 17.5 Å². The van der Waals surface area contributed by atoms with Gasteiger partial charge < -0.3 is 5.11 Å². The summed E-state index contributed by atoms with van der Waals surface area (Å²) < 4.78 is 12.4. The Morgan fingerprint density at radius 1 is 1.43 bits per heavy atom. The standard InChI is InChI=1S/C11H13FOS/c12-7-5-11(13)6-8-14-10-4-2-1-3-9(10)11/h1-4,13H,5-8H2. The first-order valence-corrected chi connectivity index (χ1v) is 5.75. The van der Waals surface area contributed by atoms with Crippen molar-refractivity contribution in [3.05, 3.63) is 29.8 Å². The molecular weight excluding hydrogens is 199 g/mol. The SMILES string of the molecule is OC1(CCF)CCSc2ccccc21. The van der Waals surface area contributed by atoms with Gasteiger partial charge in [0.2, 0.25) is 0 Å². The van der Waals surface area contributed by atoms with E-state index in [9.17, 15) is 9.50 Å². The first-order chi connectivity index (χ1) is 6.76. The van der Waals surface area contributed by atoms with Gasteiger partial charge in [-0.1, -0.05) is 18.2 Å². The number of thioether (sulfide) groups is 1. The number of rotatable bonds is 2. The quantitative estimate of drug-likeness (QED) is 0.813. The fraction of sp³-hybridized carbons (Fsp3) is 0.455. The van der Waals surface area contributed by atoms with Crippen LogP contribution in [0.15, 0.2) is 29.2 Å². The molecular formula is C11H13FOS. The first-order valence-electron chi connectivity index (χ1n) is 4.77. The average Bonchev–Trinajstić information content (AvgIpc) is 2.19. The van der Waals surface area contributed by atoms with Gasteiger partial charge in [0, 0.05) is 17.1 Å². The molecule has 2 rings (SSSR count). The molecule has 0 amide bonds. The Morgan fingerprint density at radius 2 is 2.21 bits per heavy atom. The summed E-state index contributed by atoms with van der Waals surface area (Å²) >= 11 is 1.73. The van der Waals surface area contributed by atoms with Gasteiger partial charge in [-0.25, -0.2) is 0 Å². The summed E-state index contributed by atoms with van der Waals surface area (Å²) in [5.74, 6) is 0.869.